The predicted molar refractivity (Wildman–Crippen MR) is 196 cm³/mol. The van der Waals surface area contributed by atoms with Crippen LogP contribution in [0.1, 0.15) is 127 Å². The molecule has 3 rings (SSSR count). The number of aliphatic hydroxyl groups is 1. The molecule has 52 heavy (non-hydrogen) atoms. The average Bonchev–Trinajstić information content (AvgIpc) is 3.15. The van der Waals surface area contributed by atoms with Gasteiger partial charge in [0.1, 0.15) is 39.5 Å². The number of carbonyl (C=O) groups is 3. The van der Waals surface area contributed by atoms with E-state index in [0.717, 1.165) is 94.1 Å². The largest absolute Gasteiger partial charge is 0.460 e. The maximum atomic E-state index is 13.5. The normalized spacial score (nSPS) is 11.3. The fraction of sp³-hybridized carbons (Fsp3) is 0.571. The third-order valence-electron chi connectivity index (χ3n) is 8.99. The highest BCUT2D eigenvalue weighted by molar-refractivity contribution is 5.90. The molecule has 3 aromatic heterocycles. The number of hydrogen-bond donors (Lipinski definition) is 1. The van der Waals surface area contributed by atoms with E-state index in [1.54, 1.807) is 0 Å². The van der Waals surface area contributed by atoms with E-state index in [0.29, 0.717) is 0 Å². The number of carbonyl (C=O) groups excluding carboxylic acids is 3. The molecule has 0 atom stereocenters. The van der Waals surface area contributed by atoms with Crippen LogP contribution in [-0.4, -0.2) is 28.6 Å². The monoisotopic (exact) mass is 720 g/mol. The van der Waals surface area contributed by atoms with Gasteiger partial charge >= 0.3 is 17.9 Å². The van der Waals surface area contributed by atoms with Gasteiger partial charge < -0.3 is 19.3 Å². The quantitative estimate of drug-likeness (QED) is 0.0447. The number of nitrogens with zero attached hydrogens (tertiary/aromatic N) is 3. The van der Waals surface area contributed by atoms with Crippen molar-refractivity contribution in [2.45, 2.75) is 156 Å². The van der Waals surface area contributed by atoms with Crippen LogP contribution in [0.5, 0.6) is 0 Å². The predicted octanol–water partition coefficient (Wildman–Crippen LogP) is 6.33. The molecular weight excluding hydrogens is 658 g/mol. The fourth-order valence-corrected chi connectivity index (χ4v) is 5.96. The zero-order valence-electron chi connectivity index (χ0n) is 31.8. The first-order chi connectivity index (χ1) is 25.2. The van der Waals surface area contributed by atoms with E-state index in [1.807, 2.05) is 78.1 Å². The Hall–Kier alpha value is -4.18. The Morgan fingerprint density at radius 2 is 0.885 bits per heavy atom. The summed E-state index contributed by atoms with van der Waals surface area (Å²) in [4.78, 5) is 39.7. The first-order valence-electron chi connectivity index (χ1n) is 19.4. The minimum Gasteiger partial charge on any atom is -0.460 e. The number of ether oxygens (including phenoxy) is 3. The molecule has 0 unspecified atom stereocenters. The second-order valence-electron chi connectivity index (χ2n) is 13.8. The molecular formula is C42H62N3O7+3. The van der Waals surface area contributed by atoms with Gasteiger partial charge in [-0.3, -0.25) is 9.59 Å². The van der Waals surface area contributed by atoms with Crippen LogP contribution in [0.4, 0.5) is 0 Å². The summed E-state index contributed by atoms with van der Waals surface area (Å²) in [7, 11) is 0. The molecule has 284 valence electrons. The van der Waals surface area contributed by atoms with Crippen molar-refractivity contribution in [2.75, 3.05) is 0 Å². The first-order valence-corrected chi connectivity index (χ1v) is 19.4. The highest BCUT2D eigenvalue weighted by Gasteiger charge is 2.43. The van der Waals surface area contributed by atoms with Crippen LogP contribution in [0.2, 0.25) is 0 Å². The standard InChI is InChI=1S/C42H62N3O7/c1-4-7-10-13-22-43-25-16-19-36(30-43)33-50-39(46)28-42(49,41(48)52-35-38-21-18-27-45(32-38)24-15-12-9-6-3)29-40(47)51-34-37-20-17-26-44(31-37)23-14-11-8-5-2/h16-21,25-27,30-32,49H,4-15,22-24,28-29,33-35H2,1-3H3/q+3. The molecule has 1 N–H and O–H groups in total. The van der Waals surface area contributed by atoms with Crippen LogP contribution >= 0.6 is 0 Å². The Balaban J connectivity index is 1.64. The van der Waals surface area contributed by atoms with Crippen molar-refractivity contribution in [3.05, 3.63) is 90.3 Å². The SMILES string of the molecule is CCCCCC[n+]1cccc(COC(=O)CC(O)(CC(=O)OCc2ccc[n+](CCCCCC)c2)C(=O)OCc2ccc[n+](CCCCCC)c2)c1. The van der Waals surface area contributed by atoms with Crippen LogP contribution in [0.15, 0.2) is 73.6 Å². The van der Waals surface area contributed by atoms with Crippen LogP contribution in [0.3, 0.4) is 0 Å². The third kappa shape index (κ3) is 16.4. The van der Waals surface area contributed by atoms with Crippen molar-refractivity contribution >= 4 is 17.9 Å². The topological polar surface area (TPSA) is 111 Å². The maximum Gasteiger partial charge on any atom is 0.339 e. The molecule has 0 saturated heterocycles. The summed E-state index contributed by atoms with van der Waals surface area (Å²) < 4.78 is 22.7. The van der Waals surface area contributed by atoms with Gasteiger partial charge in [0, 0.05) is 37.5 Å². The van der Waals surface area contributed by atoms with E-state index < -0.39 is 36.4 Å². The van der Waals surface area contributed by atoms with E-state index in [9.17, 15) is 19.5 Å². The summed E-state index contributed by atoms with van der Waals surface area (Å²) in [5, 5.41) is 11.6. The molecule has 3 heterocycles. The van der Waals surface area contributed by atoms with Gasteiger partial charge in [-0.15, -0.1) is 0 Å². The number of hydrogen-bond acceptors (Lipinski definition) is 7. The summed E-state index contributed by atoms with van der Waals surface area (Å²) in [6.07, 6.45) is 23.7. The second-order valence-corrected chi connectivity index (χ2v) is 13.8. The summed E-state index contributed by atoms with van der Waals surface area (Å²) in [6.45, 7) is 8.86. The maximum absolute atomic E-state index is 13.5. The number of aryl methyl sites for hydroxylation is 3. The molecule has 0 spiro atoms. The number of unbranched alkanes of at least 4 members (excludes halogenated alkanes) is 9. The summed E-state index contributed by atoms with van der Waals surface area (Å²) in [6, 6.07) is 11.2. The number of rotatable bonds is 26. The Labute approximate surface area is 310 Å². The van der Waals surface area contributed by atoms with E-state index in [1.165, 1.54) is 19.3 Å². The lowest BCUT2D eigenvalue weighted by molar-refractivity contribution is -0.698. The van der Waals surface area contributed by atoms with E-state index in [-0.39, 0.29) is 19.8 Å². The Bertz CT molecular complexity index is 1440. The highest BCUT2D eigenvalue weighted by atomic mass is 16.6. The summed E-state index contributed by atoms with van der Waals surface area (Å²) in [5.74, 6) is -2.75. The van der Waals surface area contributed by atoms with Gasteiger partial charge in [-0.05, 0) is 37.5 Å². The zero-order valence-corrected chi connectivity index (χ0v) is 31.8. The van der Waals surface area contributed by atoms with Crippen molar-refractivity contribution in [1.82, 2.24) is 0 Å². The second kappa shape index (κ2) is 24.1. The van der Waals surface area contributed by atoms with Crippen LogP contribution < -0.4 is 13.7 Å². The van der Waals surface area contributed by atoms with Gasteiger partial charge in [-0.2, -0.15) is 0 Å². The van der Waals surface area contributed by atoms with Crippen molar-refractivity contribution in [3.8, 4) is 0 Å². The highest BCUT2D eigenvalue weighted by Crippen LogP contribution is 2.22. The van der Waals surface area contributed by atoms with Gasteiger partial charge in [-0.25, -0.2) is 18.5 Å². The van der Waals surface area contributed by atoms with Gasteiger partial charge in [0.2, 0.25) is 0 Å². The van der Waals surface area contributed by atoms with Crippen molar-refractivity contribution in [3.63, 3.8) is 0 Å². The molecule has 0 bridgehead atoms. The Morgan fingerprint density at radius 3 is 1.23 bits per heavy atom. The molecule has 0 saturated carbocycles. The zero-order chi connectivity index (χ0) is 37.4. The number of aromatic nitrogens is 3. The van der Waals surface area contributed by atoms with Gasteiger partial charge in [0.15, 0.2) is 42.8 Å². The third-order valence-corrected chi connectivity index (χ3v) is 8.99. The Morgan fingerprint density at radius 1 is 0.538 bits per heavy atom. The minimum absolute atomic E-state index is 0.0427. The molecule has 0 aromatic carbocycles. The smallest absolute Gasteiger partial charge is 0.339 e. The van der Waals surface area contributed by atoms with Crippen molar-refractivity contribution in [1.29, 1.82) is 0 Å². The van der Waals surface area contributed by atoms with Crippen molar-refractivity contribution < 1.29 is 47.4 Å². The summed E-state index contributed by atoms with van der Waals surface area (Å²) >= 11 is 0. The molecule has 10 nitrogen and oxygen atoms in total. The van der Waals surface area contributed by atoms with E-state index >= 15 is 0 Å². The molecule has 10 heteroatoms. The number of esters is 3. The molecule has 0 fully saturated rings. The summed E-state index contributed by atoms with van der Waals surface area (Å²) in [5.41, 5.74) is -0.216. The van der Waals surface area contributed by atoms with Gasteiger partial charge in [0.25, 0.3) is 0 Å². The van der Waals surface area contributed by atoms with E-state index in [2.05, 4.69) is 29.9 Å². The lowest BCUT2D eigenvalue weighted by Gasteiger charge is -2.24. The lowest BCUT2D eigenvalue weighted by Crippen LogP contribution is -2.45. The minimum atomic E-state index is -2.48. The average molecular weight is 721 g/mol. The molecule has 3 aromatic rings. The molecule has 0 aliphatic heterocycles. The number of pyridine rings is 3. The van der Waals surface area contributed by atoms with E-state index in [4.69, 9.17) is 14.2 Å². The fourth-order valence-electron chi connectivity index (χ4n) is 5.96. The molecule has 0 aliphatic rings. The lowest BCUT2D eigenvalue weighted by atomic mass is 9.95. The van der Waals surface area contributed by atoms with Gasteiger partial charge in [-0.1, -0.05) is 59.3 Å². The van der Waals surface area contributed by atoms with Crippen LogP contribution in [0, 0.1) is 0 Å². The first kappa shape index (κ1) is 42.2. The molecule has 0 aliphatic carbocycles. The van der Waals surface area contributed by atoms with Crippen molar-refractivity contribution in [2.24, 2.45) is 0 Å². The molecule has 0 radical (unpaired) electrons. The molecule has 0 amide bonds. The van der Waals surface area contributed by atoms with Crippen LogP contribution in [-0.2, 0) is 68.0 Å². The Kier molecular flexibility index (Phi) is 19.6. The van der Waals surface area contributed by atoms with Crippen LogP contribution in [0.25, 0.3) is 0 Å². The van der Waals surface area contributed by atoms with Gasteiger partial charge in [0.05, 0.1) is 29.5 Å².